The van der Waals surface area contributed by atoms with E-state index in [1.165, 1.54) is 0 Å². The van der Waals surface area contributed by atoms with Crippen molar-refractivity contribution in [2.45, 2.75) is 38.3 Å². The molecule has 1 aromatic carbocycles. The van der Waals surface area contributed by atoms with Crippen molar-refractivity contribution >= 4 is 34.5 Å². The number of anilines is 1. The quantitative estimate of drug-likeness (QED) is 0.888. The lowest BCUT2D eigenvalue weighted by molar-refractivity contribution is -0.121. The number of hydrogen-bond donors (Lipinski definition) is 2. The number of amides is 1. The summed E-state index contributed by atoms with van der Waals surface area (Å²) < 4.78 is 1.93. The van der Waals surface area contributed by atoms with Crippen LogP contribution in [0.3, 0.4) is 0 Å². The average Bonchev–Trinajstić information content (AvgIpc) is 3.14. The van der Waals surface area contributed by atoms with Gasteiger partial charge in [0, 0.05) is 24.0 Å². The van der Waals surface area contributed by atoms with Gasteiger partial charge in [-0.05, 0) is 37.5 Å². The summed E-state index contributed by atoms with van der Waals surface area (Å²) >= 11 is 5.94. The third-order valence-corrected chi connectivity index (χ3v) is 3.70. The van der Waals surface area contributed by atoms with Crippen LogP contribution < -0.4 is 11.1 Å². The molecule has 0 spiro atoms. The Bertz CT molecular complexity index is 648. The van der Waals surface area contributed by atoms with Gasteiger partial charge in [-0.2, -0.15) is 0 Å². The molecule has 0 bridgehead atoms. The summed E-state index contributed by atoms with van der Waals surface area (Å²) in [5.74, 6) is 0.586. The Morgan fingerprint density at radius 2 is 2.30 bits per heavy atom. The fraction of sp³-hybridized carbons (Fsp3) is 0.429. The number of nitrogens with one attached hydrogen (secondary N) is 1. The number of aryl methyl sites for hydroxylation is 1. The number of hydrogen-bond acceptors (Lipinski definition) is 3. The molecular formula is C14H17ClN4O. The van der Waals surface area contributed by atoms with E-state index in [0.29, 0.717) is 30.0 Å². The second-order valence-electron chi connectivity index (χ2n) is 5.20. The van der Waals surface area contributed by atoms with Crippen molar-refractivity contribution in [2.75, 3.05) is 5.73 Å². The van der Waals surface area contributed by atoms with Crippen molar-refractivity contribution < 1.29 is 4.79 Å². The van der Waals surface area contributed by atoms with Crippen molar-refractivity contribution in [2.24, 2.45) is 0 Å². The first kappa shape index (κ1) is 13.2. The van der Waals surface area contributed by atoms with Gasteiger partial charge >= 0.3 is 0 Å². The number of carbonyl (C=O) groups is 1. The first-order chi connectivity index (χ1) is 9.63. The van der Waals surface area contributed by atoms with E-state index >= 15 is 0 Å². The zero-order valence-corrected chi connectivity index (χ0v) is 11.9. The molecular weight excluding hydrogens is 276 g/mol. The summed E-state index contributed by atoms with van der Waals surface area (Å²) in [6.45, 7) is 0.683. The predicted molar refractivity (Wildman–Crippen MR) is 79.6 cm³/mol. The zero-order chi connectivity index (χ0) is 14.1. The summed E-state index contributed by atoms with van der Waals surface area (Å²) in [4.78, 5) is 15.9. The molecule has 0 atom stereocenters. The molecule has 106 valence electrons. The van der Waals surface area contributed by atoms with Gasteiger partial charge in [-0.1, -0.05) is 11.6 Å². The predicted octanol–water partition coefficient (Wildman–Crippen LogP) is 2.33. The largest absolute Gasteiger partial charge is 0.369 e. The number of nitrogen functional groups attached to an aromatic ring is 1. The minimum absolute atomic E-state index is 0.124. The van der Waals surface area contributed by atoms with E-state index in [-0.39, 0.29) is 5.91 Å². The van der Waals surface area contributed by atoms with Gasteiger partial charge in [0.2, 0.25) is 11.9 Å². The van der Waals surface area contributed by atoms with E-state index in [2.05, 4.69) is 10.3 Å². The molecule has 1 saturated carbocycles. The highest BCUT2D eigenvalue weighted by Gasteiger charge is 2.22. The van der Waals surface area contributed by atoms with Crippen LogP contribution in [0.4, 0.5) is 5.95 Å². The molecule has 0 unspecified atom stereocenters. The molecule has 1 fully saturated rings. The van der Waals surface area contributed by atoms with Crippen LogP contribution in [-0.2, 0) is 11.3 Å². The topological polar surface area (TPSA) is 72.9 Å². The molecule has 0 aliphatic heterocycles. The Kier molecular flexibility index (Phi) is 3.53. The Balaban J connectivity index is 1.64. The molecule has 1 aliphatic rings. The van der Waals surface area contributed by atoms with Crippen molar-refractivity contribution in [3.8, 4) is 0 Å². The maximum Gasteiger partial charge on any atom is 0.220 e. The number of halogens is 1. The summed E-state index contributed by atoms with van der Waals surface area (Å²) in [7, 11) is 0. The fourth-order valence-electron chi connectivity index (χ4n) is 2.28. The number of nitrogens with zero attached hydrogens (tertiary/aromatic N) is 2. The molecule has 2 aromatic rings. The number of nitrogens with two attached hydrogens (primary N) is 1. The average molecular weight is 293 g/mol. The molecule has 0 saturated heterocycles. The van der Waals surface area contributed by atoms with Crippen molar-refractivity contribution in [3.05, 3.63) is 23.2 Å². The first-order valence-electron chi connectivity index (χ1n) is 6.84. The number of carbonyl (C=O) groups excluding carboxylic acids is 1. The van der Waals surface area contributed by atoms with Gasteiger partial charge in [0.15, 0.2) is 0 Å². The van der Waals surface area contributed by atoms with E-state index in [1.807, 2.05) is 16.7 Å². The van der Waals surface area contributed by atoms with E-state index < -0.39 is 0 Å². The lowest BCUT2D eigenvalue weighted by Gasteiger charge is -2.07. The van der Waals surface area contributed by atoms with Crippen LogP contribution in [0.5, 0.6) is 0 Å². The second kappa shape index (κ2) is 5.32. The van der Waals surface area contributed by atoms with Crippen LogP contribution in [-0.4, -0.2) is 21.5 Å². The molecule has 20 heavy (non-hydrogen) atoms. The van der Waals surface area contributed by atoms with E-state index in [1.54, 1.807) is 6.07 Å². The fourth-order valence-corrected chi connectivity index (χ4v) is 2.45. The van der Waals surface area contributed by atoms with Gasteiger partial charge in [0.25, 0.3) is 0 Å². The smallest absolute Gasteiger partial charge is 0.220 e. The molecule has 1 aliphatic carbocycles. The summed E-state index contributed by atoms with van der Waals surface area (Å²) in [5, 5.41) is 3.63. The van der Waals surface area contributed by atoms with Crippen LogP contribution in [0, 0.1) is 0 Å². The number of imidazole rings is 1. The highest BCUT2D eigenvalue weighted by atomic mass is 35.5. The lowest BCUT2D eigenvalue weighted by atomic mass is 10.2. The minimum Gasteiger partial charge on any atom is -0.369 e. The van der Waals surface area contributed by atoms with Crippen molar-refractivity contribution in [3.63, 3.8) is 0 Å². The third kappa shape index (κ3) is 2.88. The van der Waals surface area contributed by atoms with Crippen molar-refractivity contribution in [1.82, 2.24) is 14.9 Å². The second-order valence-corrected chi connectivity index (χ2v) is 5.64. The highest BCUT2D eigenvalue weighted by Crippen LogP contribution is 2.22. The van der Waals surface area contributed by atoms with Crippen LogP contribution in [0.25, 0.3) is 11.0 Å². The maximum absolute atomic E-state index is 11.6. The van der Waals surface area contributed by atoms with Gasteiger partial charge < -0.3 is 15.6 Å². The van der Waals surface area contributed by atoms with E-state index in [0.717, 1.165) is 30.3 Å². The van der Waals surface area contributed by atoms with Crippen LogP contribution in [0.2, 0.25) is 5.02 Å². The molecule has 0 radical (unpaired) electrons. The Hall–Kier alpha value is -1.75. The molecule has 3 N–H and O–H groups in total. The summed E-state index contributed by atoms with van der Waals surface area (Å²) in [5.41, 5.74) is 7.66. The van der Waals surface area contributed by atoms with E-state index in [9.17, 15) is 4.79 Å². The zero-order valence-electron chi connectivity index (χ0n) is 11.1. The number of benzene rings is 1. The maximum atomic E-state index is 11.6. The summed E-state index contributed by atoms with van der Waals surface area (Å²) in [6.07, 6.45) is 3.50. The molecule has 6 heteroatoms. The minimum atomic E-state index is 0.124. The molecule has 1 amide bonds. The van der Waals surface area contributed by atoms with Gasteiger partial charge in [0.05, 0.1) is 11.0 Å². The van der Waals surface area contributed by atoms with Crippen LogP contribution in [0.1, 0.15) is 25.7 Å². The third-order valence-electron chi connectivity index (χ3n) is 3.47. The molecule has 1 aromatic heterocycles. The van der Waals surface area contributed by atoms with Gasteiger partial charge in [-0.15, -0.1) is 0 Å². The molecule has 5 nitrogen and oxygen atoms in total. The normalized spacial score (nSPS) is 14.7. The van der Waals surface area contributed by atoms with Crippen LogP contribution >= 0.6 is 11.6 Å². The molecule has 3 rings (SSSR count). The number of fused-ring (bicyclic) bond motifs is 1. The van der Waals surface area contributed by atoms with E-state index in [4.69, 9.17) is 17.3 Å². The van der Waals surface area contributed by atoms with Gasteiger partial charge in [-0.3, -0.25) is 4.79 Å². The Morgan fingerprint density at radius 3 is 3.05 bits per heavy atom. The van der Waals surface area contributed by atoms with Gasteiger partial charge in [0.1, 0.15) is 0 Å². The summed E-state index contributed by atoms with van der Waals surface area (Å²) in [6, 6.07) is 5.94. The lowest BCUT2D eigenvalue weighted by Crippen LogP contribution is -2.25. The van der Waals surface area contributed by atoms with Crippen LogP contribution in [0.15, 0.2) is 18.2 Å². The SMILES string of the molecule is Nc1nc2cc(Cl)ccc2n1CCCC(=O)NC1CC1. The molecule has 1 heterocycles. The Labute approximate surface area is 122 Å². The number of aromatic nitrogens is 2. The first-order valence-corrected chi connectivity index (χ1v) is 7.22. The highest BCUT2D eigenvalue weighted by molar-refractivity contribution is 6.31. The monoisotopic (exact) mass is 292 g/mol. The van der Waals surface area contributed by atoms with Gasteiger partial charge in [-0.25, -0.2) is 4.98 Å². The Morgan fingerprint density at radius 1 is 1.50 bits per heavy atom. The number of rotatable bonds is 5. The standard InChI is InChI=1S/C14H17ClN4O/c15-9-3-6-12-11(8-9)18-14(16)19(12)7-1-2-13(20)17-10-4-5-10/h3,6,8,10H,1-2,4-5,7H2,(H2,16,18)(H,17,20). The van der Waals surface area contributed by atoms with Crippen molar-refractivity contribution in [1.29, 1.82) is 0 Å².